The molecule has 0 unspecified atom stereocenters. The van der Waals surface area contributed by atoms with E-state index in [1.807, 2.05) is 53.4 Å². The van der Waals surface area contributed by atoms with Crippen LogP contribution in [0.5, 0.6) is 0 Å². The molecular formula is C21H21N7O2. The third kappa shape index (κ3) is 3.49. The Morgan fingerprint density at radius 1 is 1.13 bits per heavy atom. The maximum Gasteiger partial charge on any atom is 0.321 e. The van der Waals surface area contributed by atoms with Crippen molar-refractivity contribution in [2.24, 2.45) is 7.05 Å². The van der Waals surface area contributed by atoms with E-state index in [4.69, 9.17) is 4.42 Å². The molecule has 9 nitrogen and oxygen atoms in total. The van der Waals surface area contributed by atoms with Gasteiger partial charge in [-0.3, -0.25) is 0 Å². The second kappa shape index (κ2) is 7.58. The molecule has 0 radical (unpaired) electrons. The number of hydrogen-bond acceptors (Lipinski definition) is 6. The Kier molecular flexibility index (Phi) is 4.62. The Morgan fingerprint density at radius 3 is 2.73 bits per heavy atom. The average molecular weight is 403 g/mol. The molecular weight excluding hydrogens is 382 g/mol. The number of benzene rings is 2. The Bertz CT molecular complexity index is 1160. The number of amides is 2. The first kappa shape index (κ1) is 18.3. The first-order valence-corrected chi connectivity index (χ1v) is 9.91. The van der Waals surface area contributed by atoms with E-state index in [0.29, 0.717) is 24.6 Å². The number of urea groups is 1. The van der Waals surface area contributed by atoms with Crippen molar-refractivity contribution in [3.8, 4) is 11.4 Å². The lowest BCUT2D eigenvalue weighted by Gasteiger charge is -2.30. The molecule has 1 N–H and O–H groups in total. The van der Waals surface area contributed by atoms with Crippen molar-refractivity contribution in [2.45, 2.75) is 18.8 Å². The number of hydrogen-bond donors (Lipinski definition) is 1. The van der Waals surface area contributed by atoms with Crippen LogP contribution in [0.3, 0.4) is 0 Å². The summed E-state index contributed by atoms with van der Waals surface area (Å²) < 4.78 is 7.50. The molecule has 9 heteroatoms. The second-order valence-corrected chi connectivity index (χ2v) is 7.42. The highest BCUT2D eigenvalue weighted by molar-refractivity contribution is 5.90. The molecule has 0 spiro atoms. The van der Waals surface area contributed by atoms with Crippen molar-refractivity contribution < 1.29 is 9.21 Å². The zero-order valence-electron chi connectivity index (χ0n) is 16.5. The molecule has 1 aliphatic heterocycles. The molecule has 152 valence electrons. The van der Waals surface area contributed by atoms with Crippen LogP contribution in [0.2, 0.25) is 0 Å². The molecule has 0 saturated carbocycles. The molecule has 1 fully saturated rings. The largest absolute Gasteiger partial charge is 0.440 e. The molecule has 0 bridgehead atoms. The van der Waals surface area contributed by atoms with Crippen molar-refractivity contribution in [3.05, 3.63) is 54.4 Å². The van der Waals surface area contributed by atoms with Crippen molar-refractivity contribution >= 4 is 22.8 Å². The highest BCUT2D eigenvalue weighted by atomic mass is 16.3. The van der Waals surface area contributed by atoms with Gasteiger partial charge in [-0.15, -0.1) is 5.10 Å². The molecule has 3 heterocycles. The number of nitrogens with one attached hydrogen (secondary N) is 1. The number of oxazole rings is 1. The van der Waals surface area contributed by atoms with E-state index < -0.39 is 0 Å². The highest BCUT2D eigenvalue weighted by Crippen LogP contribution is 2.30. The van der Waals surface area contributed by atoms with E-state index in [1.54, 1.807) is 11.7 Å². The number of tetrazole rings is 1. The summed E-state index contributed by atoms with van der Waals surface area (Å²) in [6.07, 6.45) is 1.65. The van der Waals surface area contributed by atoms with Gasteiger partial charge in [-0.25, -0.2) is 14.5 Å². The van der Waals surface area contributed by atoms with Gasteiger partial charge in [-0.1, -0.05) is 24.3 Å². The summed E-state index contributed by atoms with van der Waals surface area (Å²) in [5.74, 6) is 1.64. The number of anilines is 1. The van der Waals surface area contributed by atoms with Gasteiger partial charge in [0.1, 0.15) is 5.52 Å². The molecule has 4 aromatic rings. The number of rotatable bonds is 3. The number of carbonyl (C=O) groups excluding carboxylic acids is 1. The summed E-state index contributed by atoms with van der Waals surface area (Å²) >= 11 is 0. The van der Waals surface area contributed by atoms with Crippen LogP contribution in [0.4, 0.5) is 10.5 Å². The first-order valence-electron chi connectivity index (χ1n) is 9.91. The van der Waals surface area contributed by atoms with Gasteiger partial charge < -0.3 is 14.6 Å². The number of aromatic nitrogens is 5. The van der Waals surface area contributed by atoms with Crippen LogP contribution in [-0.2, 0) is 7.05 Å². The Hall–Kier alpha value is -3.75. The fraction of sp³-hybridized carbons (Fsp3) is 0.286. The monoisotopic (exact) mass is 403 g/mol. The standard InChI is InChI=1S/C21H21N7O2/c1-27-19(24-25-26-27)15-5-4-6-16(13-15)22-21(29)28-11-9-14(10-12-28)20-23-17-7-2-3-8-18(17)30-20/h2-8,13-14H,9-12H2,1H3,(H,22,29). The predicted octanol–water partition coefficient (Wildman–Crippen LogP) is 3.43. The number of likely N-dealkylation sites (tertiary alicyclic amines) is 1. The third-order valence-electron chi connectivity index (χ3n) is 5.43. The molecule has 2 amide bonds. The van der Waals surface area contributed by atoms with Crippen LogP contribution in [0.1, 0.15) is 24.7 Å². The molecule has 0 atom stereocenters. The summed E-state index contributed by atoms with van der Waals surface area (Å²) in [4.78, 5) is 19.2. The smallest absolute Gasteiger partial charge is 0.321 e. The maximum atomic E-state index is 12.7. The van der Waals surface area contributed by atoms with Crippen LogP contribution in [0.25, 0.3) is 22.5 Å². The molecule has 30 heavy (non-hydrogen) atoms. The van der Waals surface area contributed by atoms with E-state index in [2.05, 4.69) is 25.8 Å². The number of fused-ring (bicyclic) bond motifs is 1. The number of piperidine rings is 1. The summed E-state index contributed by atoms with van der Waals surface area (Å²) in [5.41, 5.74) is 3.24. The molecule has 2 aromatic heterocycles. The third-order valence-corrected chi connectivity index (χ3v) is 5.43. The van der Waals surface area contributed by atoms with Crippen molar-refractivity contribution in [1.82, 2.24) is 30.1 Å². The normalized spacial score (nSPS) is 14.9. The number of aryl methyl sites for hydroxylation is 1. The zero-order chi connectivity index (χ0) is 20.5. The predicted molar refractivity (Wildman–Crippen MR) is 111 cm³/mol. The minimum Gasteiger partial charge on any atom is -0.440 e. The summed E-state index contributed by atoms with van der Waals surface area (Å²) in [6.45, 7) is 1.31. The average Bonchev–Trinajstić information content (AvgIpc) is 3.40. The van der Waals surface area contributed by atoms with Gasteiger partial charge >= 0.3 is 6.03 Å². The fourth-order valence-electron chi connectivity index (χ4n) is 3.81. The van der Waals surface area contributed by atoms with Crippen molar-refractivity contribution in [2.75, 3.05) is 18.4 Å². The van der Waals surface area contributed by atoms with E-state index in [0.717, 1.165) is 35.4 Å². The molecule has 0 aliphatic carbocycles. The Balaban J connectivity index is 1.22. The first-order chi connectivity index (χ1) is 14.7. The van der Waals surface area contributed by atoms with Gasteiger partial charge in [-0.2, -0.15) is 0 Å². The van der Waals surface area contributed by atoms with Gasteiger partial charge in [-0.05, 0) is 47.5 Å². The van der Waals surface area contributed by atoms with Crippen LogP contribution >= 0.6 is 0 Å². The van der Waals surface area contributed by atoms with E-state index in [1.165, 1.54) is 0 Å². The zero-order valence-corrected chi connectivity index (χ0v) is 16.5. The summed E-state index contributed by atoms with van der Waals surface area (Å²) in [7, 11) is 1.78. The SMILES string of the molecule is Cn1nnnc1-c1cccc(NC(=O)N2CCC(c3nc4ccccc4o3)CC2)c1. The molecule has 1 aliphatic rings. The Labute approximate surface area is 172 Å². The minimum absolute atomic E-state index is 0.112. The lowest BCUT2D eigenvalue weighted by Crippen LogP contribution is -2.40. The fourth-order valence-corrected chi connectivity index (χ4v) is 3.81. The van der Waals surface area contributed by atoms with Crippen molar-refractivity contribution in [3.63, 3.8) is 0 Å². The topological polar surface area (TPSA) is 102 Å². The Morgan fingerprint density at radius 2 is 1.97 bits per heavy atom. The van der Waals surface area contributed by atoms with Crippen LogP contribution in [0, 0.1) is 0 Å². The van der Waals surface area contributed by atoms with E-state index >= 15 is 0 Å². The van der Waals surface area contributed by atoms with Crippen LogP contribution in [-0.4, -0.2) is 49.2 Å². The van der Waals surface area contributed by atoms with Gasteiger partial charge in [0.05, 0.1) is 0 Å². The maximum absolute atomic E-state index is 12.7. The van der Waals surface area contributed by atoms with Gasteiger partial charge in [0.25, 0.3) is 0 Å². The molecule has 2 aromatic carbocycles. The minimum atomic E-state index is -0.112. The summed E-state index contributed by atoms with van der Waals surface area (Å²) in [5, 5.41) is 14.5. The van der Waals surface area contributed by atoms with Crippen LogP contribution in [0.15, 0.2) is 52.9 Å². The number of nitrogens with zero attached hydrogens (tertiary/aromatic N) is 6. The van der Waals surface area contributed by atoms with Gasteiger partial charge in [0.15, 0.2) is 17.3 Å². The number of para-hydroxylation sites is 2. The quantitative estimate of drug-likeness (QED) is 0.562. The highest BCUT2D eigenvalue weighted by Gasteiger charge is 2.27. The van der Waals surface area contributed by atoms with Gasteiger partial charge in [0.2, 0.25) is 0 Å². The van der Waals surface area contributed by atoms with Crippen LogP contribution < -0.4 is 5.32 Å². The van der Waals surface area contributed by atoms with Crippen molar-refractivity contribution in [1.29, 1.82) is 0 Å². The lowest BCUT2D eigenvalue weighted by atomic mass is 9.97. The molecule has 1 saturated heterocycles. The summed E-state index contributed by atoms with van der Waals surface area (Å²) in [6, 6.07) is 15.2. The van der Waals surface area contributed by atoms with E-state index in [9.17, 15) is 4.79 Å². The van der Waals surface area contributed by atoms with E-state index in [-0.39, 0.29) is 11.9 Å². The lowest BCUT2D eigenvalue weighted by molar-refractivity contribution is 0.190. The van der Waals surface area contributed by atoms with Gasteiger partial charge in [0, 0.05) is 37.3 Å². The molecule has 5 rings (SSSR count). The second-order valence-electron chi connectivity index (χ2n) is 7.42. The number of carbonyl (C=O) groups is 1.